The third-order valence-electron chi connectivity index (χ3n) is 4.50. The highest BCUT2D eigenvalue weighted by molar-refractivity contribution is 9.09. The van der Waals surface area contributed by atoms with Crippen LogP contribution in [0.1, 0.15) is 89.9 Å². The van der Waals surface area contributed by atoms with Crippen LogP contribution < -0.4 is 0 Å². The Morgan fingerprint density at radius 1 is 0.500 bits per heavy atom. The van der Waals surface area contributed by atoms with E-state index in [1.54, 1.807) is 0 Å². The lowest BCUT2D eigenvalue weighted by Crippen LogP contribution is -2.12. The fraction of sp³-hybridized carbons (Fsp3) is 0.800. The van der Waals surface area contributed by atoms with Crippen LogP contribution in [0.25, 0.3) is 0 Å². The summed E-state index contributed by atoms with van der Waals surface area (Å²) in [4.78, 5) is 23.1. The number of alkyl halides is 2. The number of hydrogen-bond acceptors (Lipinski definition) is 2. The van der Waals surface area contributed by atoms with Crippen LogP contribution in [0.15, 0.2) is 11.1 Å². The number of carboxylic acids is 2. The Bertz CT molecular complexity index is 384. The number of carboxylic acid groups (broad SMARTS) is 2. The molecule has 0 fully saturated rings. The Hall–Kier alpha value is -0.360. The first-order valence-electron chi connectivity index (χ1n) is 9.85. The summed E-state index contributed by atoms with van der Waals surface area (Å²) in [6, 6.07) is 0. The average Bonchev–Trinajstić information content (AvgIpc) is 2.60. The van der Waals surface area contributed by atoms with Gasteiger partial charge < -0.3 is 10.2 Å². The monoisotopic (exact) mass is 496 g/mol. The number of carbonyl (C=O) groups is 2. The molecule has 0 heterocycles. The molecule has 0 unspecified atom stereocenters. The van der Waals surface area contributed by atoms with Crippen LogP contribution in [0.5, 0.6) is 0 Å². The third kappa shape index (κ3) is 13.8. The summed E-state index contributed by atoms with van der Waals surface area (Å²) in [7, 11) is 0. The summed E-state index contributed by atoms with van der Waals surface area (Å²) in [5, 5.41) is 20.9. The molecule has 26 heavy (non-hydrogen) atoms. The maximum absolute atomic E-state index is 11.5. The fourth-order valence-corrected chi connectivity index (χ4v) is 3.77. The van der Waals surface area contributed by atoms with E-state index in [4.69, 9.17) is 0 Å². The van der Waals surface area contributed by atoms with Crippen LogP contribution in [0.2, 0.25) is 0 Å². The van der Waals surface area contributed by atoms with Gasteiger partial charge in [0.15, 0.2) is 0 Å². The van der Waals surface area contributed by atoms with Crippen molar-refractivity contribution in [2.45, 2.75) is 89.9 Å². The van der Waals surface area contributed by atoms with Gasteiger partial charge in [0.05, 0.1) is 0 Å². The van der Waals surface area contributed by atoms with Gasteiger partial charge >= 0.3 is 11.9 Å². The molecule has 0 aromatic heterocycles. The zero-order valence-electron chi connectivity index (χ0n) is 15.8. The van der Waals surface area contributed by atoms with Crippen molar-refractivity contribution in [1.82, 2.24) is 0 Å². The molecule has 0 amide bonds. The van der Waals surface area contributed by atoms with E-state index in [2.05, 4.69) is 31.9 Å². The lowest BCUT2D eigenvalue weighted by molar-refractivity contribution is -0.136. The van der Waals surface area contributed by atoms with E-state index in [9.17, 15) is 19.8 Å². The predicted molar refractivity (Wildman–Crippen MR) is 115 cm³/mol. The van der Waals surface area contributed by atoms with Crippen LogP contribution in [-0.4, -0.2) is 32.8 Å². The van der Waals surface area contributed by atoms with Crippen LogP contribution in [-0.2, 0) is 9.59 Å². The number of unbranched alkanes of at least 4 members (excludes halogenated alkanes) is 10. The topological polar surface area (TPSA) is 74.6 Å². The minimum absolute atomic E-state index is 0.109. The number of rotatable bonds is 18. The van der Waals surface area contributed by atoms with Gasteiger partial charge in [0.25, 0.3) is 0 Å². The van der Waals surface area contributed by atoms with Crippen molar-refractivity contribution >= 4 is 43.8 Å². The first-order chi connectivity index (χ1) is 12.5. The molecule has 0 aromatic carbocycles. The Kier molecular flexibility index (Phi) is 17.8. The van der Waals surface area contributed by atoms with Gasteiger partial charge in [-0.3, -0.25) is 0 Å². The number of aliphatic carboxylic acids is 2. The second-order valence-electron chi connectivity index (χ2n) is 6.69. The van der Waals surface area contributed by atoms with E-state index in [0.717, 1.165) is 62.0 Å². The largest absolute Gasteiger partial charge is 0.478 e. The Morgan fingerprint density at radius 2 is 0.769 bits per heavy atom. The lowest BCUT2D eigenvalue weighted by atomic mass is 9.96. The summed E-state index contributed by atoms with van der Waals surface area (Å²) >= 11 is 6.82. The van der Waals surface area contributed by atoms with E-state index in [-0.39, 0.29) is 11.1 Å². The van der Waals surface area contributed by atoms with Crippen LogP contribution in [0.3, 0.4) is 0 Å². The quantitative estimate of drug-likeness (QED) is 0.125. The van der Waals surface area contributed by atoms with Crippen LogP contribution >= 0.6 is 31.9 Å². The third-order valence-corrected chi connectivity index (χ3v) is 5.62. The second-order valence-corrected chi connectivity index (χ2v) is 8.27. The van der Waals surface area contributed by atoms with Crippen molar-refractivity contribution in [3.8, 4) is 0 Å². The van der Waals surface area contributed by atoms with E-state index >= 15 is 0 Å². The molecule has 6 heteroatoms. The van der Waals surface area contributed by atoms with Crippen LogP contribution in [0.4, 0.5) is 0 Å². The molecule has 0 bridgehead atoms. The molecule has 0 atom stereocenters. The van der Waals surface area contributed by atoms with Crippen molar-refractivity contribution in [3.63, 3.8) is 0 Å². The highest BCUT2D eigenvalue weighted by Gasteiger charge is 2.19. The van der Waals surface area contributed by atoms with E-state index in [1.807, 2.05) is 0 Å². The Morgan fingerprint density at radius 3 is 1.04 bits per heavy atom. The average molecular weight is 498 g/mol. The first kappa shape index (κ1) is 25.6. The predicted octanol–water partition coefficient (Wildman–Crippen LogP) is 6.70. The maximum atomic E-state index is 11.5. The normalized spacial score (nSPS) is 12.1. The van der Waals surface area contributed by atoms with E-state index < -0.39 is 11.9 Å². The molecule has 2 N–H and O–H groups in total. The summed E-state index contributed by atoms with van der Waals surface area (Å²) in [6.07, 6.45) is 13.3. The van der Waals surface area contributed by atoms with E-state index in [1.165, 1.54) is 25.7 Å². The molecule has 0 saturated carbocycles. The lowest BCUT2D eigenvalue weighted by Gasteiger charge is -2.09. The molecule has 0 spiro atoms. The molecular weight excluding hydrogens is 464 g/mol. The standard InChI is InChI=1S/C20H34Br2O4/c21-15-11-7-3-1-5-9-13-17(19(23)24)18(20(25)26)14-10-6-2-4-8-12-16-22/h1-16H2,(H,23,24)(H,25,26). The molecule has 0 aromatic rings. The van der Waals surface area contributed by atoms with Crippen molar-refractivity contribution in [2.75, 3.05) is 10.7 Å². The molecule has 0 aliphatic rings. The van der Waals surface area contributed by atoms with Crippen molar-refractivity contribution in [1.29, 1.82) is 0 Å². The maximum Gasteiger partial charge on any atom is 0.332 e. The summed E-state index contributed by atoms with van der Waals surface area (Å²) in [5.74, 6) is -2.14. The van der Waals surface area contributed by atoms with Crippen molar-refractivity contribution in [2.24, 2.45) is 0 Å². The zero-order chi connectivity index (χ0) is 19.6. The molecule has 0 rings (SSSR count). The molecule has 0 radical (unpaired) electrons. The van der Waals surface area contributed by atoms with Crippen LogP contribution in [0, 0.1) is 0 Å². The summed E-state index contributed by atoms with van der Waals surface area (Å²) in [6.45, 7) is 0. The zero-order valence-corrected chi connectivity index (χ0v) is 19.0. The summed E-state index contributed by atoms with van der Waals surface area (Å²) < 4.78 is 0. The molecule has 0 aliphatic heterocycles. The highest BCUT2D eigenvalue weighted by Crippen LogP contribution is 2.21. The van der Waals surface area contributed by atoms with Gasteiger partial charge in [0.1, 0.15) is 0 Å². The number of hydrogen-bond donors (Lipinski definition) is 2. The SMILES string of the molecule is O=C(O)C(CCCCCCCCBr)=C(CCCCCCCCBr)C(=O)O. The first-order valence-corrected chi connectivity index (χ1v) is 12.1. The minimum atomic E-state index is -1.07. The molecule has 4 nitrogen and oxygen atoms in total. The molecule has 152 valence electrons. The smallest absolute Gasteiger partial charge is 0.332 e. The molecule has 0 aliphatic carbocycles. The Balaban J connectivity index is 4.34. The fourth-order valence-electron chi connectivity index (χ4n) is 2.98. The van der Waals surface area contributed by atoms with Crippen molar-refractivity contribution < 1.29 is 19.8 Å². The van der Waals surface area contributed by atoms with Gasteiger partial charge in [-0.1, -0.05) is 83.2 Å². The highest BCUT2D eigenvalue weighted by atomic mass is 79.9. The number of halogens is 2. The summed E-state index contributed by atoms with van der Waals surface area (Å²) in [5.41, 5.74) is 0.217. The van der Waals surface area contributed by atoms with Gasteiger partial charge in [-0.15, -0.1) is 0 Å². The van der Waals surface area contributed by atoms with Crippen molar-refractivity contribution in [3.05, 3.63) is 11.1 Å². The van der Waals surface area contributed by atoms with E-state index in [0.29, 0.717) is 12.8 Å². The van der Waals surface area contributed by atoms with Gasteiger partial charge in [0.2, 0.25) is 0 Å². The molecular formula is C20H34Br2O4. The second kappa shape index (κ2) is 18.0. The van der Waals surface area contributed by atoms with Gasteiger partial charge in [-0.05, 0) is 38.5 Å². The minimum Gasteiger partial charge on any atom is -0.478 e. The van der Waals surface area contributed by atoms with Gasteiger partial charge in [-0.25, -0.2) is 9.59 Å². The van der Waals surface area contributed by atoms with Gasteiger partial charge in [-0.2, -0.15) is 0 Å². The molecule has 0 saturated heterocycles. The van der Waals surface area contributed by atoms with Gasteiger partial charge in [0, 0.05) is 21.8 Å². The Labute approximate surface area is 175 Å².